The van der Waals surface area contributed by atoms with Gasteiger partial charge in [0.2, 0.25) is 0 Å². The molecule has 2 rings (SSSR count). The summed E-state index contributed by atoms with van der Waals surface area (Å²) in [6, 6.07) is 8.41. The maximum Gasteiger partial charge on any atom is 0.119 e. The fraction of sp³-hybridized carbons (Fsp3) is 0.647. The molecule has 0 amide bonds. The van der Waals surface area contributed by atoms with Gasteiger partial charge in [0.15, 0.2) is 0 Å². The Morgan fingerprint density at radius 1 is 1.20 bits per heavy atom. The highest BCUT2D eigenvalue weighted by atomic mass is 16.5. The summed E-state index contributed by atoms with van der Waals surface area (Å²) < 4.78 is 11.0. The van der Waals surface area contributed by atoms with Crippen molar-refractivity contribution < 1.29 is 9.47 Å². The Morgan fingerprint density at radius 2 is 1.85 bits per heavy atom. The third-order valence-corrected chi connectivity index (χ3v) is 4.44. The molecule has 1 aromatic carbocycles. The van der Waals surface area contributed by atoms with Crippen LogP contribution in [-0.2, 0) is 0 Å². The van der Waals surface area contributed by atoms with Crippen LogP contribution in [0.4, 0.5) is 0 Å². The minimum absolute atomic E-state index is 0.474. The zero-order valence-electron chi connectivity index (χ0n) is 12.9. The number of methoxy groups -OCH3 is 1. The van der Waals surface area contributed by atoms with E-state index in [2.05, 4.69) is 19.2 Å². The summed E-state index contributed by atoms with van der Waals surface area (Å²) in [6.45, 7) is 6.44. The van der Waals surface area contributed by atoms with Gasteiger partial charge in [-0.15, -0.1) is 0 Å². The fourth-order valence-electron chi connectivity index (χ4n) is 2.68. The Hall–Kier alpha value is -1.22. The van der Waals surface area contributed by atoms with Crippen LogP contribution in [0.15, 0.2) is 24.3 Å². The van der Waals surface area contributed by atoms with Gasteiger partial charge in [-0.05, 0) is 68.8 Å². The molecule has 0 bridgehead atoms. The van der Waals surface area contributed by atoms with Gasteiger partial charge in [-0.2, -0.15) is 0 Å². The molecule has 20 heavy (non-hydrogen) atoms. The van der Waals surface area contributed by atoms with E-state index < -0.39 is 0 Å². The third-order valence-electron chi connectivity index (χ3n) is 4.44. The summed E-state index contributed by atoms with van der Waals surface area (Å²) in [5, 5.41) is 3.63. The van der Waals surface area contributed by atoms with Crippen LogP contribution in [0, 0.1) is 5.41 Å². The van der Waals surface area contributed by atoms with E-state index in [0.29, 0.717) is 11.5 Å². The van der Waals surface area contributed by atoms with Crippen LogP contribution in [0.1, 0.15) is 39.5 Å². The summed E-state index contributed by atoms with van der Waals surface area (Å²) in [4.78, 5) is 0. The first-order valence-electron chi connectivity index (χ1n) is 7.70. The average Bonchev–Trinajstić information content (AvgIpc) is 3.26. The van der Waals surface area contributed by atoms with Crippen LogP contribution in [0.2, 0.25) is 0 Å². The molecule has 1 aliphatic carbocycles. The number of nitrogens with one attached hydrogen (secondary N) is 1. The van der Waals surface area contributed by atoms with Crippen molar-refractivity contribution in [2.75, 3.05) is 20.3 Å². The highest BCUT2D eigenvalue weighted by molar-refractivity contribution is 5.31. The van der Waals surface area contributed by atoms with Gasteiger partial charge in [0.05, 0.1) is 13.7 Å². The largest absolute Gasteiger partial charge is 0.497 e. The van der Waals surface area contributed by atoms with Gasteiger partial charge in [-0.25, -0.2) is 0 Å². The maximum atomic E-state index is 5.85. The average molecular weight is 277 g/mol. The first-order chi connectivity index (χ1) is 9.70. The van der Waals surface area contributed by atoms with Crippen LogP contribution >= 0.6 is 0 Å². The lowest BCUT2D eigenvalue weighted by molar-refractivity contribution is 0.238. The molecule has 1 unspecified atom stereocenters. The Morgan fingerprint density at radius 3 is 2.40 bits per heavy atom. The highest BCUT2D eigenvalue weighted by Crippen LogP contribution is 2.51. The number of benzene rings is 1. The number of hydrogen-bond donors (Lipinski definition) is 1. The van der Waals surface area contributed by atoms with E-state index in [4.69, 9.17) is 9.47 Å². The van der Waals surface area contributed by atoms with Crippen molar-refractivity contribution in [1.29, 1.82) is 0 Å². The smallest absolute Gasteiger partial charge is 0.119 e. The van der Waals surface area contributed by atoms with Gasteiger partial charge < -0.3 is 14.8 Å². The molecule has 112 valence electrons. The van der Waals surface area contributed by atoms with Crippen molar-refractivity contribution in [2.45, 2.75) is 45.6 Å². The fourth-order valence-corrected chi connectivity index (χ4v) is 2.68. The molecule has 0 spiro atoms. The molecule has 1 saturated carbocycles. The quantitative estimate of drug-likeness (QED) is 0.747. The van der Waals surface area contributed by atoms with Gasteiger partial charge in [-0.1, -0.05) is 6.92 Å². The van der Waals surface area contributed by atoms with E-state index in [9.17, 15) is 0 Å². The molecule has 0 heterocycles. The Bertz CT molecular complexity index is 398. The van der Waals surface area contributed by atoms with Gasteiger partial charge in [-0.3, -0.25) is 0 Å². The van der Waals surface area contributed by atoms with Crippen LogP contribution in [0.25, 0.3) is 0 Å². The lowest BCUT2D eigenvalue weighted by atomic mass is 9.94. The number of ether oxygens (including phenoxy) is 2. The second kappa shape index (κ2) is 6.98. The summed E-state index contributed by atoms with van der Waals surface area (Å²) in [6.07, 6.45) is 4.99. The molecular formula is C17H27NO2. The van der Waals surface area contributed by atoms with Crippen molar-refractivity contribution in [3.63, 3.8) is 0 Å². The summed E-state index contributed by atoms with van der Waals surface area (Å²) in [5.41, 5.74) is 0.474. The molecule has 0 radical (unpaired) electrons. The molecule has 1 fully saturated rings. The zero-order valence-corrected chi connectivity index (χ0v) is 12.9. The minimum Gasteiger partial charge on any atom is -0.497 e. The van der Waals surface area contributed by atoms with Crippen molar-refractivity contribution >= 4 is 0 Å². The van der Waals surface area contributed by atoms with Crippen molar-refractivity contribution in [2.24, 2.45) is 5.41 Å². The normalized spacial score (nSPS) is 17.6. The van der Waals surface area contributed by atoms with E-state index in [1.54, 1.807) is 7.11 Å². The van der Waals surface area contributed by atoms with E-state index in [1.165, 1.54) is 19.3 Å². The first-order valence-corrected chi connectivity index (χ1v) is 7.70. The Labute approximate surface area is 122 Å². The molecule has 0 saturated heterocycles. The topological polar surface area (TPSA) is 30.5 Å². The van der Waals surface area contributed by atoms with Crippen LogP contribution in [0.5, 0.6) is 11.5 Å². The SMILES string of the molecule is CCCNC(C)C1(CCOc2ccc(OC)cc2)CC1. The zero-order chi connectivity index (χ0) is 14.4. The van der Waals surface area contributed by atoms with E-state index in [1.807, 2.05) is 24.3 Å². The molecule has 1 aliphatic rings. The van der Waals surface area contributed by atoms with Gasteiger partial charge in [0.1, 0.15) is 11.5 Å². The second-order valence-electron chi connectivity index (χ2n) is 5.81. The van der Waals surface area contributed by atoms with E-state index in [-0.39, 0.29) is 0 Å². The summed E-state index contributed by atoms with van der Waals surface area (Å²) in [5.74, 6) is 1.80. The molecular weight excluding hydrogens is 250 g/mol. The van der Waals surface area contributed by atoms with Crippen LogP contribution < -0.4 is 14.8 Å². The second-order valence-corrected chi connectivity index (χ2v) is 5.81. The lowest BCUT2D eigenvalue weighted by Crippen LogP contribution is -2.36. The number of hydrogen-bond acceptors (Lipinski definition) is 3. The number of rotatable bonds is 9. The third kappa shape index (κ3) is 3.89. The molecule has 3 nitrogen and oxygen atoms in total. The summed E-state index contributed by atoms with van der Waals surface area (Å²) >= 11 is 0. The van der Waals surface area contributed by atoms with Crippen molar-refractivity contribution in [3.8, 4) is 11.5 Å². The lowest BCUT2D eigenvalue weighted by Gasteiger charge is -2.24. The minimum atomic E-state index is 0.474. The predicted octanol–water partition coefficient (Wildman–Crippen LogP) is 3.63. The molecule has 0 aliphatic heterocycles. The molecule has 0 aromatic heterocycles. The van der Waals surface area contributed by atoms with Crippen molar-refractivity contribution in [1.82, 2.24) is 5.32 Å². The predicted molar refractivity (Wildman–Crippen MR) is 82.5 cm³/mol. The monoisotopic (exact) mass is 277 g/mol. The van der Waals surface area contributed by atoms with E-state index >= 15 is 0 Å². The van der Waals surface area contributed by atoms with Gasteiger partial charge in [0.25, 0.3) is 0 Å². The molecule has 1 aromatic rings. The molecule has 1 N–H and O–H groups in total. The molecule has 3 heteroatoms. The molecule has 1 atom stereocenters. The highest BCUT2D eigenvalue weighted by Gasteiger charge is 2.46. The summed E-state index contributed by atoms with van der Waals surface area (Å²) in [7, 11) is 1.68. The van der Waals surface area contributed by atoms with Gasteiger partial charge >= 0.3 is 0 Å². The van der Waals surface area contributed by atoms with Crippen LogP contribution in [-0.4, -0.2) is 26.3 Å². The van der Waals surface area contributed by atoms with Crippen LogP contribution in [0.3, 0.4) is 0 Å². The Kier molecular flexibility index (Phi) is 5.30. The first kappa shape index (κ1) is 15.2. The maximum absolute atomic E-state index is 5.85. The Balaban J connectivity index is 1.74. The van der Waals surface area contributed by atoms with Crippen molar-refractivity contribution in [3.05, 3.63) is 24.3 Å². The van der Waals surface area contributed by atoms with E-state index in [0.717, 1.165) is 31.1 Å². The standard InChI is InChI=1S/C17H27NO2/c1-4-12-18-14(2)17(9-10-17)11-13-20-16-7-5-15(19-3)6-8-16/h5-8,14,18H,4,9-13H2,1-3H3. The van der Waals surface area contributed by atoms with Gasteiger partial charge in [0, 0.05) is 6.04 Å².